The first-order chi connectivity index (χ1) is 8.27. The van der Waals surface area contributed by atoms with Crippen molar-refractivity contribution in [1.29, 1.82) is 0 Å². The molecule has 2 heterocycles. The molecule has 1 aromatic rings. The largest absolute Gasteiger partial charge is 0.381 e. The van der Waals surface area contributed by atoms with E-state index in [4.69, 9.17) is 4.74 Å². The van der Waals surface area contributed by atoms with Crippen LogP contribution in [0, 0.1) is 11.8 Å². The molecule has 2 N–H and O–H groups in total. The van der Waals surface area contributed by atoms with Gasteiger partial charge in [0.2, 0.25) is 5.91 Å². The van der Waals surface area contributed by atoms with E-state index in [1.807, 2.05) is 0 Å². The molecule has 2 unspecified atom stereocenters. The second-order valence-corrected chi connectivity index (χ2v) is 4.42. The maximum atomic E-state index is 11.9. The molecule has 1 saturated heterocycles. The average molecular weight is 238 g/mol. The minimum absolute atomic E-state index is 0.0819. The Morgan fingerprint density at radius 3 is 3.29 bits per heavy atom. The van der Waals surface area contributed by atoms with E-state index in [1.54, 1.807) is 0 Å². The van der Waals surface area contributed by atoms with Crippen LogP contribution in [0.1, 0.15) is 19.2 Å². The average Bonchev–Trinajstić information content (AvgIpc) is 2.82. The van der Waals surface area contributed by atoms with Crippen molar-refractivity contribution in [1.82, 2.24) is 20.5 Å². The van der Waals surface area contributed by atoms with Gasteiger partial charge < -0.3 is 10.1 Å². The van der Waals surface area contributed by atoms with E-state index in [1.165, 1.54) is 6.33 Å². The first-order valence-corrected chi connectivity index (χ1v) is 5.97. The predicted octanol–water partition coefficient (Wildman–Crippen LogP) is 0.136. The minimum Gasteiger partial charge on any atom is -0.381 e. The van der Waals surface area contributed by atoms with Gasteiger partial charge in [0.1, 0.15) is 12.2 Å². The van der Waals surface area contributed by atoms with Crippen molar-refractivity contribution >= 4 is 5.91 Å². The molecule has 94 valence electrons. The van der Waals surface area contributed by atoms with Gasteiger partial charge in [-0.25, -0.2) is 4.98 Å². The predicted molar refractivity (Wildman–Crippen MR) is 61.2 cm³/mol. The van der Waals surface area contributed by atoms with Gasteiger partial charge in [-0.15, -0.1) is 0 Å². The normalized spacial score (nSPS) is 24.5. The molecule has 1 aliphatic heterocycles. The fourth-order valence-corrected chi connectivity index (χ4v) is 2.06. The number of carbonyl (C=O) groups is 1. The maximum absolute atomic E-state index is 11.9. The quantitative estimate of drug-likeness (QED) is 0.781. The highest BCUT2D eigenvalue weighted by atomic mass is 16.5. The number of aromatic amines is 1. The van der Waals surface area contributed by atoms with Gasteiger partial charge in [-0.2, -0.15) is 5.10 Å². The van der Waals surface area contributed by atoms with E-state index < -0.39 is 0 Å². The van der Waals surface area contributed by atoms with Crippen LogP contribution in [0.15, 0.2) is 6.33 Å². The highest BCUT2D eigenvalue weighted by molar-refractivity contribution is 5.79. The number of hydrogen-bond donors (Lipinski definition) is 2. The molecule has 0 aliphatic carbocycles. The lowest BCUT2D eigenvalue weighted by Gasteiger charge is -2.27. The van der Waals surface area contributed by atoms with Crippen LogP contribution in [0.2, 0.25) is 0 Å². The molecule has 0 spiro atoms. The number of ether oxygens (including phenoxy) is 1. The third kappa shape index (κ3) is 3.26. The molecule has 6 heteroatoms. The second-order valence-electron chi connectivity index (χ2n) is 4.42. The lowest BCUT2D eigenvalue weighted by molar-refractivity contribution is -0.130. The number of nitrogens with zero attached hydrogens (tertiary/aromatic N) is 2. The number of aromatic nitrogens is 3. The van der Waals surface area contributed by atoms with Crippen molar-refractivity contribution in [2.75, 3.05) is 19.8 Å². The number of nitrogens with one attached hydrogen (secondary N) is 2. The van der Waals surface area contributed by atoms with Gasteiger partial charge in [-0.1, -0.05) is 6.92 Å². The number of carbonyl (C=O) groups excluding carboxylic acids is 1. The van der Waals surface area contributed by atoms with Crippen LogP contribution in [0.4, 0.5) is 0 Å². The molecular weight excluding hydrogens is 220 g/mol. The summed E-state index contributed by atoms with van der Waals surface area (Å²) in [7, 11) is 0. The molecule has 0 saturated carbocycles. The van der Waals surface area contributed by atoms with E-state index in [2.05, 4.69) is 27.4 Å². The molecule has 2 atom stereocenters. The Morgan fingerprint density at radius 2 is 2.59 bits per heavy atom. The van der Waals surface area contributed by atoms with Crippen LogP contribution in [0.3, 0.4) is 0 Å². The summed E-state index contributed by atoms with van der Waals surface area (Å²) in [5.41, 5.74) is 0. The topological polar surface area (TPSA) is 79.9 Å². The van der Waals surface area contributed by atoms with Crippen LogP contribution < -0.4 is 5.32 Å². The highest BCUT2D eigenvalue weighted by Gasteiger charge is 2.27. The lowest BCUT2D eigenvalue weighted by atomic mass is 9.89. The summed E-state index contributed by atoms with van der Waals surface area (Å²) in [4.78, 5) is 15.9. The Morgan fingerprint density at radius 1 is 1.71 bits per heavy atom. The monoisotopic (exact) mass is 238 g/mol. The molecule has 0 bridgehead atoms. The van der Waals surface area contributed by atoms with Crippen molar-refractivity contribution in [3.05, 3.63) is 12.2 Å². The van der Waals surface area contributed by atoms with Crippen LogP contribution in [-0.4, -0.2) is 40.8 Å². The number of amides is 1. The molecule has 0 aromatic carbocycles. The van der Waals surface area contributed by atoms with E-state index in [-0.39, 0.29) is 11.8 Å². The van der Waals surface area contributed by atoms with Gasteiger partial charge in [-0.3, -0.25) is 9.89 Å². The summed E-state index contributed by atoms with van der Waals surface area (Å²) in [5.74, 6) is 1.30. The molecule has 6 nitrogen and oxygen atoms in total. The van der Waals surface area contributed by atoms with Gasteiger partial charge in [0.15, 0.2) is 0 Å². The zero-order valence-electron chi connectivity index (χ0n) is 9.98. The first kappa shape index (κ1) is 12.0. The van der Waals surface area contributed by atoms with Gasteiger partial charge in [0.25, 0.3) is 0 Å². The van der Waals surface area contributed by atoms with E-state index >= 15 is 0 Å². The molecule has 1 amide bonds. The zero-order valence-corrected chi connectivity index (χ0v) is 9.98. The summed E-state index contributed by atoms with van der Waals surface area (Å²) < 4.78 is 5.32. The Bertz CT molecular complexity index is 352. The summed E-state index contributed by atoms with van der Waals surface area (Å²) in [6, 6.07) is 0. The fraction of sp³-hybridized carbons (Fsp3) is 0.727. The zero-order chi connectivity index (χ0) is 12.1. The van der Waals surface area contributed by atoms with Crippen molar-refractivity contribution < 1.29 is 9.53 Å². The van der Waals surface area contributed by atoms with Gasteiger partial charge in [0, 0.05) is 32.1 Å². The molecule has 17 heavy (non-hydrogen) atoms. The summed E-state index contributed by atoms with van der Waals surface area (Å²) in [5, 5.41) is 9.46. The molecule has 1 aliphatic rings. The van der Waals surface area contributed by atoms with Crippen molar-refractivity contribution in [2.45, 2.75) is 19.8 Å². The second kappa shape index (κ2) is 5.77. The fourth-order valence-electron chi connectivity index (χ4n) is 2.06. The Balaban J connectivity index is 1.73. The van der Waals surface area contributed by atoms with Gasteiger partial charge in [-0.05, 0) is 12.3 Å². The third-order valence-corrected chi connectivity index (χ3v) is 3.10. The minimum atomic E-state index is 0.0819. The molecular formula is C11H18N4O2. The Kier molecular flexibility index (Phi) is 4.08. The van der Waals surface area contributed by atoms with Crippen molar-refractivity contribution in [3.8, 4) is 0 Å². The van der Waals surface area contributed by atoms with Crippen molar-refractivity contribution in [3.63, 3.8) is 0 Å². The van der Waals surface area contributed by atoms with Crippen molar-refractivity contribution in [2.24, 2.45) is 11.8 Å². The summed E-state index contributed by atoms with van der Waals surface area (Å²) in [6.07, 6.45) is 2.97. The summed E-state index contributed by atoms with van der Waals surface area (Å²) >= 11 is 0. The van der Waals surface area contributed by atoms with E-state index in [9.17, 15) is 4.79 Å². The summed E-state index contributed by atoms with van der Waals surface area (Å²) in [6.45, 7) is 4.02. The Hall–Kier alpha value is -1.43. The molecule has 2 rings (SSSR count). The number of hydrogen-bond acceptors (Lipinski definition) is 4. The van der Waals surface area contributed by atoms with Gasteiger partial charge in [0.05, 0.1) is 0 Å². The lowest BCUT2D eigenvalue weighted by Crippen LogP contribution is -2.39. The molecule has 1 aromatic heterocycles. The highest BCUT2D eigenvalue weighted by Crippen LogP contribution is 2.21. The molecule has 1 fully saturated rings. The number of H-pyrrole nitrogens is 1. The number of rotatable bonds is 4. The molecule has 0 radical (unpaired) electrons. The van der Waals surface area contributed by atoms with Gasteiger partial charge >= 0.3 is 0 Å². The first-order valence-electron chi connectivity index (χ1n) is 5.97. The van der Waals surface area contributed by atoms with Crippen LogP contribution in [-0.2, 0) is 16.0 Å². The van der Waals surface area contributed by atoms with E-state index in [0.29, 0.717) is 32.1 Å². The SMILES string of the molecule is CC1COCCC1C(=O)NCCc1ncn[nH]1. The standard InChI is InChI=1S/C11H18N4O2/c1-8-6-17-5-3-9(8)11(16)12-4-2-10-13-7-14-15-10/h7-9H,2-6H2,1H3,(H,12,16)(H,13,14,15). The van der Waals surface area contributed by atoms with Crippen LogP contribution >= 0.6 is 0 Å². The van der Waals surface area contributed by atoms with Crippen LogP contribution in [0.5, 0.6) is 0 Å². The van der Waals surface area contributed by atoms with Crippen LogP contribution in [0.25, 0.3) is 0 Å². The smallest absolute Gasteiger partial charge is 0.223 e. The van der Waals surface area contributed by atoms with E-state index in [0.717, 1.165) is 12.2 Å². The third-order valence-electron chi connectivity index (χ3n) is 3.10. The Labute approximate surface area is 100 Å². The maximum Gasteiger partial charge on any atom is 0.223 e.